The van der Waals surface area contributed by atoms with Gasteiger partial charge in [-0.15, -0.1) is 0 Å². The van der Waals surface area contributed by atoms with E-state index in [9.17, 15) is 8.42 Å². The van der Waals surface area contributed by atoms with Crippen LogP contribution in [0.4, 0.5) is 0 Å². The minimum atomic E-state index is -3.83. The van der Waals surface area contributed by atoms with Gasteiger partial charge >= 0.3 is 19.5 Å². The Balaban J connectivity index is -0.000000563. The fraction of sp³-hybridized carbons (Fsp3) is 0.571. The third-order valence-electron chi connectivity index (χ3n) is 1.72. The van der Waals surface area contributed by atoms with Crippen LogP contribution < -0.4 is 24.8 Å². The van der Waals surface area contributed by atoms with Gasteiger partial charge in [-0.25, -0.2) is 4.98 Å². The first kappa shape index (κ1) is 21.6. The third-order valence-corrected chi connectivity index (χ3v) is 2.53. The second kappa shape index (κ2) is 9.36. The van der Waals surface area contributed by atoms with Gasteiger partial charge in [0.15, 0.2) is 0 Å². The van der Waals surface area contributed by atoms with Crippen molar-refractivity contribution in [2.24, 2.45) is 7.05 Å². The molecule has 1 N–H and O–H groups in total. The van der Waals surface area contributed by atoms with Gasteiger partial charge in [-0.1, -0.05) is 0 Å². The van der Waals surface area contributed by atoms with Crippen molar-refractivity contribution >= 4 is 10.1 Å². The molecule has 0 amide bonds. The molecule has 1 aromatic heterocycles. The number of rotatable bonds is 4. The molecule has 0 unspecified atom stereocenters. The van der Waals surface area contributed by atoms with E-state index in [1.54, 1.807) is 12.4 Å². The molecule has 0 fully saturated rings. The van der Waals surface area contributed by atoms with Gasteiger partial charge in [-0.2, -0.15) is 8.42 Å². The fourth-order valence-electron chi connectivity index (χ4n) is 1.05. The Morgan fingerprint density at radius 2 is 2.00 bits per heavy atom. The van der Waals surface area contributed by atoms with Gasteiger partial charge in [0.2, 0.25) is 0 Å². The SMILES string of the molecule is Cn1ccnc1CCCS(=O)(=O)O.[Cl-].[Cl-].[Zn+2]. The van der Waals surface area contributed by atoms with E-state index in [-0.39, 0.29) is 50.0 Å². The minimum absolute atomic E-state index is 0. The molecule has 16 heavy (non-hydrogen) atoms. The molecule has 90 valence electrons. The van der Waals surface area contributed by atoms with E-state index in [4.69, 9.17) is 4.55 Å². The first-order valence-corrected chi connectivity index (χ1v) is 5.51. The minimum Gasteiger partial charge on any atom is -1.00 e. The van der Waals surface area contributed by atoms with Crippen LogP contribution in [0.25, 0.3) is 0 Å². The number of aromatic nitrogens is 2. The van der Waals surface area contributed by atoms with Crippen molar-refractivity contribution in [3.63, 3.8) is 0 Å². The summed E-state index contributed by atoms with van der Waals surface area (Å²) in [5, 5.41) is 0. The molecule has 0 bridgehead atoms. The van der Waals surface area contributed by atoms with E-state index in [2.05, 4.69) is 4.98 Å². The molecular formula is C7H12Cl2N2O3SZn. The van der Waals surface area contributed by atoms with Crippen molar-refractivity contribution in [2.75, 3.05) is 5.75 Å². The second-order valence-corrected chi connectivity index (χ2v) is 4.42. The molecule has 1 heterocycles. The van der Waals surface area contributed by atoms with E-state index >= 15 is 0 Å². The topological polar surface area (TPSA) is 72.2 Å². The Hall–Kier alpha value is 0.323. The van der Waals surface area contributed by atoms with E-state index in [1.165, 1.54) is 0 Å². The summed E-state index contributed by atoms with van der Waals surface area (Å²) < 4.78 is 31.0. The monoisotopic (exact) mass is 338 g/mol. The quantitative estimate of drug-likeness (QED) is 0.438. The Bertz CT molecular complexity index is 383. The molecule has 1 aromatic rings. The van der Waals surface area contributed by atoms with Gasteiger partial charge in [-0.3, -0.25) is 4.55 Å². The summed E-state index contributed by atoms with van der Waals surface area (Å²) in [6.07, 6.45) is 4.40. The molecule has 0 spiro atoms. The number of imidazole rings is 1. The first-order chi connectivity index (χ1) is 5.99. The molecule has 1 rings (SSSR count). The van der Waals surface area contributed by atoms with Gasteiger partial charge < -0.3 is 29.4 Å². The van der Waals surface area contributed by atoms with Crippen LogP contribution in [-0.4, -0.2) is 28.3 Å². The largest absolute Gasteiger partial charge is 2.00 e. The Kier molecular flexibility index (Phi) is 12.6. The molecular weight excluding hydrogens is 328 g/mol. The van der Waals surface area contributed by atoms with E-state index in [1.807, 2.05) is 11.6 Å². The molecule has 0 aliphatic rings. The molecule has 0 saturated carbocycles. The van der Waals surface area contributed by atoms with Gasteiger partial charge in [0, 0.05) is 25.9 Å². The van der Waals surface area contributed by atoms with Crippen LogP contribution in [0.2, 0.25) is 0 Å². The van der Waals surface area contributed by atoms with Crippen molar-refractivity contribution in [3.05, 3.63) is 18.2 Å². The molecule has 0 radical (unpaired) electrons. The maximum absolute atomic E-state index is 10.4. The summed E-state index contributed by atoms with van der Waals surface area (Å²) in [5.41, 5.74) is 0. The molecule has 9 heteroatoms. The average Bonchev–Trinajstić information content (AvgIpc) is 2.34. The maximum Gasteiger partial charge on any atom is 2.00 e. The maximum atomic E-state index is 10.4. The van der Waals surface area contributed by atoms with Gasteiger partial charge in [0.1, 0.15) is 5.82 Å². The molecule has 0 aromatic carbocycles. The summed E-state index contributed by atoms with van der Waals surface area (Å²) in [5.74, 6) is 0.614. The molecule has 0 saturated heterocycles. The average molecular weight is 341 g/mol. The van der Waals surface area contributed by atoms with Crippen molar-refractivity contribution in [1.82, 2.24) is 9.55 Å². The van der Waals surface area contributed by atoms with E-state index < -0.39 is 10.1 Å². The third kappa shape index (κ3) is 8.47. The van der Waals surface area contributed by atoms with Crippen LogP contribution in [-0.2, 0) is 43.1 Å². The molecule has 0 aliphatic heterocycles. The molecule has 5 nitrogen and oxygen atoms in total. The van der Waals surface area contributed by atoms with Crippen LogP contribution in [0.5, 0.6) is 0 Å². The molecule has 0 atom stereocenters. The standard InChI is InChI=1S/C7H12N2O3S.2ClH.Zn/c1-9-5-4-8-7(9)3-2-6-13(10,11)12;;;/h4-5H,2-3,6H2,1H3,(H,10,11,12);2*1H;/q;;;+2/p-2. The van der Waals surface area contributed by atoms with Crippen molar-refractivity contribution < 1.29 is 57.3 Å². The van der Waals surface area contributed by atoms with Gasteiger partial charge in [-0.05, 0) is 6.42 Å². The van der Waals surface area contributed by atoms with Crippen molar-refractivity contribution in [3.8, 4) is 0 Å². The summed E-state index contributed by atoms with van der Waals surface area (Å²) >= 11 is 0. The summed E-state index contributed by atoms with van der Waals surface area (Å²) in [6, 6.07) is 0. The van der Waals surface area contributed by atoms with Crippen LogP contribution in [0.15, 0.2) is 12.4 Å². The summed E-state index contributed by atoms with van der Waals surface area (Å²) in [7, 11) is -1.98. The normalized spacial score (nSPS) is 9.62. The Morgan fingerprint density at radius 3 is 2.38 bits per heavy atom. The van der Waals surface area contributed by atoms with Crippen LogP contribution in [0.3, 0.4) is 0 Å². The van der Waals surface area contributed by atoms with Gasteiger partial charge in [0.25, 0.3) is 10.1 Å². The van der Waals surface area contributed by atoms with Crippen LogP contribution >= 0.6 is 0 Å². The van der Waals surface area contributed by atoms with E-state index in [0.717, 1.165) is 5.82 Å². The second-order valence-electron chi connectivity index (χ2n) is 2.84. The number of nitrogens with zero attached hydrogens (tertiary/aromatic N) is 2. The number of hydrogen-bond acceptors (Lipinski definition) is 3. The number of aryl methyl sites for hydroxylation is 2. The predicted molar refractivity (Wildman–Crippen MR) is 47.9 cm³/mol. The van der Waals surface area contributed by atoms with Crippen molar-refractivity contribution in [1.29, 1.82) is 0 Å². The fourth-order valence-corrected chi connectivity index (χ4v) is 1.56. The first-order valence-electron chi connectivity index (χ1n) is 3.90. The summed E-state index contributed by atoms with van der Waals surface area (Å²) in [4.78, 5) is 4.02. The predicted octanol–water partition coefficient (Wildman–Crippen LogP) is -5.75. The zero-order chi connectivity index (χ0) is 9.90. The zero-order valence-corrected chi connectivity index (χ0v) is 14.1. The van der Waals surface area contributed by atoms with Crippen LogP contribution in [0, 0.1) is 0 Å². The summed E-state index contributed by atoms with van der Waals surface area (Å²) in [6.45, 7) is 0. The van der Waals surface area contributed by atoms with Crippen molar-refractivity contribution in [2.45, 2.75) is 12.8 Å². The molecule has 0 aliphatic carbocycles. The number of halogens is 2. The van der Waals surface area contributed by atoms with E-state index in [0.29, 0.717) is 12.8 Å². The Labute approximate surface area is 120 Å². The zero-order valence-electron chi connectivity index (χ0n) is 8.81. The van der Waals surface area contributed by atoms with Gasteiger partial charge in [0.05, 0.1) is 5.75 Å². The van der Waals surface area contributed by atoms with Crippen LogP contribution in [0.1, 0.15) is 12.2 Å². The smallest absolute Gasteiger partial charge is 1.00 e. The number of hydrogen-bond donors (Lipinski definition) is 1. The Morgan fingerprint density at radius 1 is 1.44 bits per heavy atom.